The molecule has 2 fully saturated rings. The minimum atomic E-state index is -0.778. The molecule has 0 aromatic heterocycles. The summed E-state index contributed by atoms with van der Waals surface area (Å²) >= 11 is 0. The van der Waals surface area contributed by atoms with Gasteiger partial charge >= 0.3 is 0 Å². The zero-order valence-electron chi connectivity index (χ0n) is 8.65. The molecule has 3 heteroatoms. The normalized spacial score (nSPS) is 45.6. The molecule has 82 valence electrons. The van der Waals surface area contributed by atoms with Crippen LogP contribution in [0.2, 0.25) is 0 Å². The molecule has 4 N–H and O–H groups in total. The van der Waals surface area contributed by atoms with Crippen molar-refractivity contribution in [2.45, 2.75) is 62.7 Å². The Morgan fingerprint density at radius 3 is 2.21 bits per heavy atom. The molecule has 0 heterocycles. The van der Waals surface area contributed by atoms with Crippen LogP contribution in [0.1, 0.15) is 44.9 Å². The Morgan fingerprint density at radius 2 is 1.71 bits per heavy atom. The zero-order chi connectivity index (χ0) is 10.2. The lowest BCUT2D eigenvalue weighted by Gasteiger charge is -2.38. The van der Waals surface area contributed by atoms with Gasteiger partial charge in [0.25, 0.3) is 0 Å². The molecule has 3 nitrogen and oxygen atoms in total. The molecule has 0 saturated heterocycles. The fourth-order valence-corrected chi connectivity index (χ4v) is 3.14. The smallest absolute Gasteiger partial charge is 0.0852 e. The quantitative estimate of drug-likeness (QED) is 0.584. The van der Waals surface area contributed by atoms with Gasteiger partial charge in [0.05, 0.1) is 17.7 Å². The van der Waals surface area contributed by atoms with E-state index in [0.29, 0.717) is 18.8 Å². The number of aliphatic hydroxyl groups is 2. The summed E-state index contributed by atoms with van der Waals surface area (Å²) in [4.78, 5) is 0. The first kappa shape index (κ1) is 10.4. The van der Waals surface area contributed by atoms with Crippen molar-refractivity contribution >= 4 is 0 Å². The fourth-order valence-electron chi connectivity index (χ4n) is 3.14. The topological polar surface area (TPSA) is 66.5 Å². The van der Waals surface area contributed by atoms with E-state index in [0.717, 1.165) is 12.8 Å². The summed E-state index contributed by atoms with van der Waals surface area (Å²) in [5.74, 6) is 0.323. The highest BCUT2D eigenvalue weighted by Gasteiger charge is 2.49. The number of hydrogen-bond donors (Lipinski definition) is 3. The first-order chi connectivity index (χ1) is 6.64. The first-order valence-electron chi connectivity index (χ1n) is 5.80. The van der Waals surface area contributed by atoms with Crippen LogP contribution in [0, 0.1) is 5.92 Å². The highest BCUT2D eigenvalue weighted by molar-refractivity contribution is 5.04. The number of rotatable bonds is 1. The van der Waals surface area contributed by atoms with Gasteiger partial charge in [0, 0.05) is 0 Å². The van der Waals surface area contributed by atoms with Gasteiger partial charge in [0.15, 0.2) is 0 Å². The van der Waals surface area contributed by atoms with Crippen LogP contribution in [0.15, 0.2) is 0 Å². The lowest BCUT2D eigenvalue weighted by atomic mass is 9.74. The number of nitrogens with two attached hydrogens (primary N) is 1. The summed E-state index contributed by atoms with van der Waals surface area (Å²) in [7, 11) is 0. The van der Waals surface area contributed by atoms with Gasteiger partial charge in [0.1, 0.15) is 0 Å². The summed E-state index contributed by atoms with van der Waals surface area (Å²) < 4.78 is 0. The van der Waals surface area contributed by atoms with E-state index in [9.17, 15) is 10.2 Å². The number of hydrogen-bond acceptors (Lipinski definition) is 3. The highest BCUT2D eigenvalue weighted by atomic mass is 16.3. The Morgan fingerprint density at radius 1 is 1.07 bits per heavy atom. The monoisotopic (exact) mass is 199 g/mol. The van der Waals surface area contributed by atoms with Crippen molar-refractivity contribution in [1.29, 1.82) is 0 Å². The molecule has 14 heavy (non-hydrogen) atoms. The van der Waals surface area contributed by atoms with Crippen molar-refractivity contribution in [3.05, 3.63) is 0 Å². The molecule has 3 atom stereocenters. The molecule has 2 aliphatic rings. The second-order valence-corrected chi connectivity index (χ2v) is 4.96. The summed E-state index contributed by atoms with van der Waals surface area (Å²) in [6, 6.07) is -0.425. The summed E-state index contributed by atoms with van der Waals surface area (Å²) in [5, 5.41) is 20.0. The summed E-state index contributed by atoms with van der Waals surface area (Å²) in [5.41, 5.74) is 5.11. The van der Waals surface area contributed by atoms with Gasteiger partial charge in [0.2, 0.25) is 0 Å². The second-order valence-electron chi connectivity index (χ2n) is 4.96. The predicted molar refractivity (Wildman–Crippen MR) is 54.7 cm³/mol. The van der Waals surface area contributed by atoms with Gasteiger partial charge < -0.3 is 15.9 Å². The van der Waals surface area contributed by atoms with Gasteiger partial charge in [-0.15, -0.1) is 0 Å². The summed E-state index contributed by atoms with van der Waals surface area (Å²) in [6.45, 7) is 0. The second kappa shape index (κ2) is 3.80. The third-order valence-corrected chi connectivity index (χ3v) is 4.14. The molecule has 0 aliphatic heterocycles. The maximum Gasteiger partial charge on any atom is 0.0852 e. The minimum absolute atomic E-state index is 0.323. The molecule has 2 rings (SSSR count). The lowest BCUT2D eigenvalue weighted by molar-refractivity contribution is -0.0510. The number of aliphatic hydroxyl groups excluding tert-OH is 1. The van der Waals surface area contributed by atoms with Crippen LogP contribution in [0.25, 0.3) is 0 Å². The molecule has 3 unspecified atom stereocenters. The van der Waals surface area contributed by atoms with Gasteiger partial charge in [-0.25, -0.2) is 0 Å². The fraction of sp³-hybridized carbons (Fsp3) is 1.00. The Kier molecular flexibility index (Phi) is 2.82. The molecule has 0 aromatic carbocycles. The molecule has 0 bridgehead atoms. The van der Waals surface area contributed by atoms with E-state index in [1.54, 1.807) is 0 Å². The molecule has 0 radical (unpaired) electrons. The third-order valence-electron chi connectivity index (χ3n) is 4.14. The van der Waals surface area contributed by atoms with Crippen molar-refractivity contribution in [1.82, 2.24) is 0 Å². The Hall–Kier alpha value is -0.120. The SMILES string of the molecule is NC1C(O)CCC1(O)C1CCCCC1. The van der Waals surface area contributed by atoms with Crippen LogP contribution in [0.5, 0.6) is 0 Å². The van der Waals surface area contributed by atoms with E-state index in [1.807, 2.05) is 0 Å². The highest BCUT2D eigenvalue weighted by Crippen LogP contribution is 2.42. The van der Waals surface area contributed by atoms with E-state index < -0.39 is 17.7 Å². The molecule has 0 amide bonds. The third kappa shape index (κ3) is 1.58. The van der Waals surface area contributed by atoms with E-state index in [4.69, 9.17) is 5.73 Å². The van der Waals surface area contributed by atoms with Crippen molar-refractivity contribution in [3.63, 3.8) is 0 Å². The molecule has 2 aliphatic carbocycles. The lowest BCUT2D eigenvalue weighted by Crippen LogP contribution is -2.53. The Balaban J connectivity index is 2.06. The van der Waals surface area contributed by atoms with Crippen LogP contribution in [0.4, 0.5) is 0 Å². The largest absolute Gasteiger partial charge is 0.391 e. The predicted octanol–water partition coefficient (Wildman–Crippen LogP) is 0.780. The van der Waals surface area contributed by atoms with E-state index in [1.165, 1.54) is 19.3 Å². The zero-order valence-corrected chi connectivity index (χ0v) is 8.65. The van der Waals surface area contributed by atoms with E-state index in [2.05, 4.69) is 0 Å². The Bertz CT molecular complexity index is 203. The average Bonchev–Trinajstić information content (AvgIpc) is 2.49. The van der Waals surface area contributed by atoms with Crippen LogP contribution >= 0.6 is 0 Å². The molecular formula is C11H21NO2. The van der Waals surface area contributed by atoms with Crippen LogP contribution in [-0.2, 0) is 0 Å². The molecule has 0 spiro atoms. The first-order valence-corrected chi connectivity index (χ1v) is 5.80. The van der Waals surface area contributed by atoms with Gasteiger partial charge in [-0.3, -0.25) is 0 Å². The van der Waals surface area contributed by atoms with Crippen molar-refractivity contribution in [3.8, 4) is 0 Å². The standard InChI is InChI=1S/C11H21NO2/c12-10-9(13)6-7-11(10,14)8-4-2-1-3-5-8/h8-10,13-14H,1-7,12H2. The van der Waals surface area contributed by atoms with Crippen LogP contribution in [-0.4, -0.2) is 28.0 Å². The van der Waals surface area contributed by atoms with E-state index in [-0.39, 0.29) is 0 Å². The molecule has 0 aromatic rings. The van der Waals surface area contributed by atoms with Crippen molar-refractivity contribution < 1.29 is 10.2 Å². The van der Waals surface area contributed by atoms with Crippen molar-refractivity contribution in [2.24, 2.45) is 11.7 Å². The van der Waals surface area contributed by atoms with E-state index >= 15 is 0 Å². The minimum Gasteiger partial charge on any atom is -0.391 e. The summed E-state index contributed by atoms with van der Waals surface area (Å²) in [6.07, 6.45) is 6.69. The average molecular weight is 199 g/mol. The molecule has 2 saturated carbocycles. The van der Waals surface area contributed by atoms with Crippen molar-refractivity contribution in [2.75, 3.05) is 0 Å². The van der Waals surface area contributed by atoms with Crippen LogP contribution in [0.3, 0.4) is 0 Å². The maximum absolute atomic E-state index is 10.5. The maximum atomic E-state index is 10.5. The van der Waals surface area contributed by atoms with Crippen LogP contribution < -0.4 is 5.73 Å². The van der Waals surface area contributed by atoms with Gasteiger partial charge in [-0.05, 0) is 31.6 Å². The Labute approximate surface area is 85.3 Å². The van der Waals surface area contributed by atoms with Gasteiger partial charge in [-0.1, -0.05) is 19.3 Å². The van der Waals surface area contributed by atoms with Gasteiger partial charge in [-0.2, -0.15) is 0 Å². The molecular weight excluding hydrogens is 178 g/mol.